The van der Waals surface area contributed by atoms with Crippen molar-refractivity contribution in [1.82, 2.24) is 5.32 Å². The van der Waals surface area contributed by atoms with Crippen molar-refractivity contribution >= 4 is 29.3 Å². The highest BCUT2D eigenvalue weighted by atomic mass is 16.5. The van der Waals surface area contributed by atoms with Crippen LogP contribution in [0.3, 0.4) is 0 Å². The number of aromatic carboxylic acids is 1. The van der Waals surface area contributed by atoms with Gasteiger partial charge in [0, 0.05) is 32.0 Å². The molecule has 0 saturated carbocycles. The number of benzene rings is 2. The van der Waals surface area contributed by atoms with Gasteiger partial charge in [0.1, 0.15) is 5.75 Å². The third-order valence-electron chi connectivity index (χ3n) is 4.89. The van der Waals surface area contributed by atoms with Gasteiger partial charge in [-0.15, -0.1) is 0 Å². The molecule has 2 N–H and O–H groups in total. The Labute approximate surface area is 173 Å². The minimum absolute atomic E-state index is 0.0193. The summed E-state index contributed by atoms with van der Waals surface area (Å²) in [5.74, 6) is -1.16. The minimum atomic E-state index is -1.01. The molecule has 0 aromatic heterocycles. The maximum Gasteiger partial charge on any atom is 0.335 e. The van der Waals surface area contributed by atoms with Crippen LogP contribution in [-0.4, -0.2) is 41.8 Å². The smallest absolute Gasteiger partial charge is 0.335 e. The summed E-state index contributed by atoms with van der Waals surface area (Å²) < 4.78 is 5.54. The zero-order chi connectivity index (χ0) is 21.8. The Bertz CT molecular complexity index is 999. The monoisotopic (exact) mass is 410 g/mol. The number of nitrogens with one attached hydrogen (secondary N) is 1. The maximum absolute atomic E-state index is 12.5. The molecule has 0 bridgehead atoms. The Morgan fingerprint density at radius 1 is 1.07 bits per heavy atom. The average Bonchev–Trinajstić information content (AvgIpc) is 2.74. The Kier molecular flexibility index (Phi) is 6.15. The van der Waals surface area contributed by atoms with Gasteiger partial charge in [-0.25, -0.2) is 4.79 Å². The number of carbonyl (C=O) groups excluding carboxylic acids is 3. The van der Waals surface area contributed by atoms with Gasteiger partial charge in [-0.1, -0.05) is 12.1 Å². The molecule has 156 valence electrons. The van der Waals surface area contributed by atoms with Crippen LogP contribution in [0.1, 0.15) is 46.0 Å². The van der Waals surface area contributed by atoms with Crippen molar-refractivity contribution in [3.63, 3.8) is 0 Å². The predicted molar refractivity (Wildman–Crippen MR) is 109 cm³/mol. The first kappa shape index (κ1) is 21.0. The summed E-state index contributed by atoms with van der Waals surface area (Å²) in [4.78, 5) is 48.9. The van der Waals surface area contributed by atoms with E-state index in [-0.39, 0.29) is 42.5 Å². The molecule has 0 spiro atoms. The molecule has 8 heteroatoms. The van der Waals surface area contributed by atoms with Crippen LogP contribution in [0.4, 0.5) is 5.69 Å². The van der Waals surface area contributed by atoms with Crippen LogP contribution in [-0.2, 0) is 16.1 Å². The molecule has 0 saturated heterocycles. The van der Waals surface area contributed by atoms with Crippen molar-refractivity contribution in [2.75, 3.05) is 11.9 Å². The van der Waals surface area contributed by atoms with Crippen LogP contribution in [0.15, 0.2) is 42.5 Å². The molecule has 1 heterocycles. The van der Waals surface area contributed by atoms with E-state index in [9.17, 15) is 19.2 Å². The van der Waals surface area contributed by atoms with E-state index in [0.29, 0.717) is 17.0 Å². The molecular formula is C22H22N2O6. The second-order valence-electron chi connectivity index (χ2n) is 7.04. The fraction of sp³-hybridized carbons (Fsp3) is 0.273. The van der Waals surface area contributed by atoms with E-state index >= 15 is 0 Å². The number of Topliss-reactive ketones (excluding diaryl/α,β-unsaturated/α-hetero) is 1. The highest BCUT2D eigenvalue weighted by molar-refractivity contribution is 6.03. The van der Waals surface area contributed by atoms with Crippen LogP contribution in [0.25, 0.3) is 0 Å². The first-order valence-corrected chi connectivity index (χ1v) is 9.46. The topological polar surface area (TPSA) is 113 Å². The van der Waals surface area contributed by atoms with E-state index < -0.39 is 12.1 Å². The second-order valence-corrected chi connectivity index (χ2v) is 7.04. The van der Waals surface area contributed by atoms with Crippen molar-refractivity contribution in [2.24, 2.45) is 0 Å². The number of carboxylic acid groups (broad SMARTS) is 1. The molecule has 2 aromatic carbocycles. The van der Waals surface area contributed by atoms with Crippen LogP contribution in [0, 0.1) is 0 Å². The number of nitrogens with zero attached hydrogens (tertiary/aromatic N) is 1. The normalized spacial score (nSPS) is 15.2. The Hall–Kier alpha value is -3.68. The highest BCUT2D eigenvalue weighted by Crippen LogP contribution is 2.34. The fourth-order valence-corrected chi connectivity index (χ4v) is 3.11. The summed E-state index contributed by atoms with van der Waals surface area (Å²) in [5, 5.41) is 11.6. The summed E-state index contributed by atoms with van der Waals surface area (Å²) in [6, 6.07) is 11.1. The number of carboxylic acids is 1. The number of likely N-dealkylation sites (N-methyl/N-ethyl adjacent to an activating group) is 1. The number of rotatable bonds is 7. The molecule has 30 heavy (non-hydrogen) atoms. The van der Waals surface area contributed by atoms with Gasteiger partial charge in [0.15, 0.2) is 11.9 Å². The fourth-order valence-electron chi connectivity index (χ4n) is 3.11. The molecule has 1 aliphatic rings. The summed E-state index contributed by atoms with van der Waals surface area (Å²) in [6.45, 7) is 1.91. The quantitative estimate of drug-likeness (QED) is 0.678. The van der Waals surface area contributed by atoms with E-state index in [1.807, 2.05) is 0 Å². The first-order chi connectivity index (χ1) is 14.3. The minimum Gasteiger partial charge on any atom is -0.479 e. The standard InChI is InChI=1S/C22H22N2O6/c1-13-21(27)24(2)17-11-16(7-9-19(17)30-13)18(25)8-10-20(26)23-12-14-3-5-15(6-4-14)22(28)29/h3-7,9,11,13H,8,10,12H2,1-2H3,(H,23,26)(H,28,29). The maximum atomic E-state index is 12.5. The number of amides is 2. The lowest BCUT2D eigenvalue weighted by Crippen LogP contribution is -2.42. The molecular weight excluding hydrogens is 388 g/mol. The molecule has 2 aromatic rings. The number of ketones is 1. The lowest BCUT2D eigenvalue weighted by Gasteiger charge is -2.30. The summed E-state index contributed by atoms with van der Waals surface area (Å²) in [5.41, 5.74) is 1.87. The summed E-state index contributed by atoms with van der Waals surface area (Å²) >= 11 is 0. The van der Waals surface area contributed by atoms with Crippen molar-refractivity contribution in [3.05, 3.63) is 59.2 Å². The third kappa shape index (κ3) is 4.65. The summed E-state index contributed by atoms with van der Waals surface area (Å²) in [7, 11) is 1.63. The largest absolute Gasteiger partial charge is 0.479 e. The van der Waals surface area contributed by atoms with E-state index in [1.54, 1.807) is 44.3 Å². The van der Waals surface area contributed by atoms with Gasteiger partial charge in [0.05, 0.1) is 11.3 Å². The van der Waals surface area contributed by atoms with E-state index in [2.05, 4.69) is 5.32 Å². The molecule has 1 atom stereocenters. The Morgan fingerprint density at radius 2 is 1.73 bits per heavy atom. The Balaban J connectivity index is 1.53. The predicted octanol–water partition coefficient (Wildman–Crippen LogP) is 2.41. The molecule has 1 aliphatic heterocycles. The Morgan fingerprint density at radius 3 is 2.40 bits per heavy atom. The third-order valence-corrected chi connectivity index (χ3v) is 4.89. The zero-order valence-corrected chi connectivity index (χ0v) is 16.7. The van der Waals surface area contributed by atoms with Gasteiger partial charge < -0.3 is 20.1 Å². The SMILES string of the molecule is CC1Oc2ccc(C(=O)CCC(=O)NCc3ccc(C(=O)O)cc3)cc2N(C)C1=O. The van der Waals surface area contributed by atoms with Crippen molar-refractivity contribution < 1.29 is 29.0 Å². The highest BCUT2D eigenvalue weighted by Gasteiger charge is 2.29. The number of anilines is 1. The molecule has 0 fully saturated rings. The number of ether oxygens (including phenoxy) is 1. The van der Waals surface area contributed by atoms with Gasteiger partial charge in [-0.05, 0) is 42.8 Å². The van der Waals surface area contributed by atoms with Gasteiger partial charge in [0.25, 0.3) is 5.91 Å². The molecule has 0 aliphatic carbocycles. The second kappa shape index (κ2) is 8.77. The van der Waals surface area contributed by atoms with E-state index in [4.69, 9.17) is 9.84 Å². The summed E-state index contributed by atoms with van der Waals surface area (Å²) in [6.07, 6.45) is -0.531. The van der Waals surface area contributed by atoms with Gasteiger partial charge in [0.2, 0.25) is 5.91 Å². The van der Waals surface area contributed by atoms with E-state index in [1.165, 1.54) is 17.0 Å². The van der Waals surface area contributed by atoms with Gasteiger partial charge in [-0.2, -0.15) is 0 Å². The molecule has 1 unspecified atom stereocenters. The van der Waals surface area contributed by atoms with Crippen molar-refractivity contribution in [1.29, 1.82) is 0 Å². The number of hydrogen-bond acceptors (Lipinski definition) is 5. The lowest BCUT2D eigenvalue weighted by atomic mass is 10.0. The van der Waals surface area contributed by atoms with Crippen molar-refractivity contribution in [3.8, 4) is 5.75 Å². The van der Waals surface area contributed by atoms with Gasteiger partial charge in [-0.3, -0.25) is 14.4 Å². The molecule has 8 nitrogen and oxygen atoms in total. The molecule has 3 rings (SSSR count). The van der Waals surface area contributed by atoms with Crippen LogP contribution >= 0.6 is 0 Å². The lowest BCUT2D eigenvalue weighted by molar-refractivity contribution is -0.125. The number of hydrogen-bond donors (Lipinski definition) is 2. The number of fused-ring (bicyclic) bond motifs is 1. The van der Waals surface area contributed by atoms with Gasteiger partial charge >= 0.3 is 5.97 Å². The van der Waals surface area contributed by atoms with Crippen LogP contribution in [0.2, 0.25) is 0 Å². The first-order valence-electron chi connectivity index (χ1n) is 9.46. The average molecular weight is 410 g/mol. The van der Waals surface area contributed by atoms with Crippen LogP contribution < -0.4 is 15.0 Å². The zero-order valence-electron chi connectivity index (χ0n) is 16.7. The van der Waals surface area contributed by atoms with E-state index in [0.717, 1.165) is 5.56 Å². The van der Waals surface area contributed by atoms with Crippen LogP contribution in [0.5, 0.6) is 5.75 Å². The molecule has 0 radical (unpaired) electrons. The number of carbonyl (C=O) groups is 4. The molecule has 2 amide bonds. The van der Waals surface area contributed by atoms with Crippen molar-refractivity contribution in [2.45, 2.75) is 32.4 Å².